The van der Waals surface area contributed by atoms with E-state index in [9.17, 15) is 14.4 Å². The van der Waals surface area contributed by atoms with Gasteiger partial charge in [-0.1, -0.05) is 69.4 Å². The number of allylic oxidation sites excluding steroid dienone is 4. The van der Waals surface area contributed by atoms with Crippen LogP contribution in [0, 0.1) is 6.92 Å². The molecule has 7 nitrogen and oxygen atoms in total. The van der Waals surface area contributed by atoms with Gasteiger partial charge in [0.15, 0.2) is 6.23 Å². The van der Waals surface area contributed by atoms with Gasteiger partial charge in [-0.2, -0.15) is 0 Å². The monoisotopic (exact) mass is 472 g/mol. The number of hydrogen-bond donors (Lipinski definition) is 1. The fraction of sp³-hybridized carbons (Fsp3) is 0.593. The molecule has 0 amide bonds. The van der Waals surface area contributed by atoms with Crippen LogP contribution in [0.25, 0.3) is 0 Å². The van der Waals surface area contributed by atoms with Crippen molar-refractivity contribution >= 4 is 5.97 Å². The van der Waals surface area contributed by atoms with Crippen molar-refractivity contribution in [2.75, 3.05) is 6.61 Å². The Morgan fingerprint density at radius 2 is 1.74 bits per heavy atom. The quantitative estimate of drug-likeness (QED) is 0.201. The number of carbonyl (C=O) groups excluding carboxylic acids is 1. The number of rotatable bonds is 16. The Hall–Kier alpha value is -2.67. The average molecular weight is 473 g/mol. The van der Waals surface area contributed by atoms with E-state index >= 15 is 0 Å². The molecule has 34 heavy (non-hydrogen) atoms. The van der Waals surface area contributed by atoms with E-state index in [1.165, 1.54) is 42.9 Å². The molecule has 1 aromatic heterocycles. The third kappa shape index (κ3) is 10.5. The first kappa shape index (κ1) is 27.6. The maximum Gasteiger partial charge on any atom is 0.330 e. The molecule has 1 N–H and O–H groups in total. The number of aromatic nitrogens is 2. The lowest BCUT2D eigenvalue weighted by Crippen LogP contribution is -2.33. The van der Waals surface area contributed by atoms with Crippen molar-refractivity contribution in [3.8, 4) is 0 Å². The summed E-state index contributed by atoms with van der Waals surface area (Å²) in [5.74, 6) is -0.229. The lowest BCUT2D eigenvalue weighted by atomic mass is 10.1. The van der Waals surface area contributed by atoms with E-state index in [0.29, 0.717) is 12.0 Å². The molecule has 0 aliphatic carbocycles. The summed E-state index contributed by atoms with van der Waals surface area (Å²) in [7, 11) is 0. The summed E-state index contributed by atoms with van der Waals surface area (Å²) in [6.45, 7) is 3.95. The number of unbranched alkanes of at least 4 members (excludes halogenated alkanes) is 7. The van der Waals surface area contributed by atoms with Gasteiger partial charge in [-0.05, 0) is 45.1 Å². The van der Waals surface area contributed by atoms with Crippen LogP contribution in [0.5, 0.6) is 0 Å². The minimum atomic E-state index is -0.621. The maximum absolute atomic E-state index is 12.0. The van der Waals surface area contributed by atoms with E-state index < -0.39 is 23.6 Å². The molecule has 0 radical (unpaired) electrons. The predicted octanol–water partition coefficient (Wildman–Crippen LogP) is 5.27. The number of nitrogens with one attached hydrogen (secondary N) is 1. The number of hydrogen-bond acceptors (Lipinski definition) is 5. The molecule has 0 fully saturated rings. The smallest absolute Gasteiger partial charge is 0.330 e. The van der Waals surface area contributed by atoms with Gasteiger partial charge in [0.25, 0.3) is 5.56 Å². The molecular weight excluding hydrogens is 432 g/mol. The van der Waals surface area contributed by atoms with E-state index in [2.05, 4.69) is 36.2 Å². The lowest BCUT2D eigenvalue weighted by Gasteiger charge is -2.16. The molecule has 1 aromatic rings. The Kier molecular flexibility index (Phi) is 13.0. The third-order valence-electron chi connectivity index (χ3n) is 5.71. The highest BCUT2D eigenvalue weighted by molar-refractivity contribution is 5.69. The minimum Gasteiger partial charge on any atom is -0.463 e. The molecule has 0 spiro atoms. The van der Waals surface area contributed by atoms with Crippen LogP contribution in [0.3, 0.4) is 0 Å². The number of aromatic amines is 1. The number of carbonyl (C=O) groups is 1. The van der Waals surface area contributed by atoms with E-state index in [-0.39, 0.29) is 12.6 Å². The zero-order chi connectivity index (χ0) is 24.6. The van der Waals surface area contributed by atoms with Crippen LogP contribution in [0.4, 0.5) is 0 Å². The van der Waals surface area contributed by atoms with E-state index in [0.717, 1.165) is 32.1 Å². The molecule has 0 aromatic carbocycles. The molecule has 1 aliphatic heterocycles. The van der Waals surface area contributed by atoms with E-state index in [1.807, 2.05) is 0 Å². The molecule has 2 atom stereocenters. The topological polar surface area (TPSA) is 90.4 Å². The van der Waals surface area contributed by atoms with Crippen molar-refractivity contribution in [3.63, 3.8) is 0 Å². The Morgan fingerprint density at radius 1 is 1.03 bits per heavy atom. The van der Waals surface area contributed by atoms with Gasteiger partial charge < -0.3 is 9.47 Å². The second kappa shape index (κ2) is 16.0. The number of esters is 1. The van der Waals surface area contributed by atoms with Crippen LogP contribution in [-0.4, -0.2) is 28.2 Å². The predicted molar refractivity (Wildman–Crippen MR) is 135 cm³/mol. The van der Waals surface area contributed by atoms with Crippen LogP contribution >= 0.6 is 0 Å². The number of nitrogens with zero attached hydrogens (tertiary/aromatic N) is 1. The first-order valence-corrected chi connectivity index (χ1v) is 12.6. The Bertz CT molecular complexity index is 941. The highest BCUT2D eigenvalue weighted by Gasteiger charge is 2.23. The third-order valence-corrected chi connectivity index (χ3v) is 5.71. The Labute approximate surface area is 202 Å². The largest absolute Gasteiger partial charge is 0.463 e. The second-order valence-corrected chi connectivity index (χ2v) is 8.74. The van der Waals surface area contributed by atoms with Gasteiger partial charge in [0.2, 0.25) is 0 Å². The number of aryl methyl sites for hydroxylation is 1. The molecule has 7 heteroatoms. The van der Waals surface area contributed by atoms with Crippen molar-refractivity contribution in [3.05, 3.63) is 69.1 Å². The van der Waals surface area contributed by atoms with Gasteiger partial charge in [0.1, 0.15) is 12.7 Å². The highest BCUT2D eigenvalue weighted by Crippen LogP contribution is 2.20. The second-order valence-electron chi connectivity index (χ2n) is 8.74. The van der Waals surface area contributed by atoms with Crippen LogP contribution < -0.4 is 11.2 Å². The fourth-order valence-electron chi connectivity index (χ4n) is 3.65. The van der Waals surface area contributed by atoms with E-state index in [1.54, 1.807) is 19.1 Å². The maximum atomic E-state index is 12.0. The fourth-order valence-corrected chi connectivity index (χ4v) is 3.65. The van der Waals surface area contributed by atoms with Gasteiger partial charge in [-0.3, -0.25) is 19.1 Å². The molecule has 2 rings (SSSR count). The molecule has 0 saturated carbocycles. The summed E-state index contributed by atoms with van der Waals surface area (Å²) in [5, 5.41) is 0. The van der Waals surface area contributed by atoms with Gasteiger partial charge in [-0.25, -0.2) is 4.79 Å². The van der Waals surface area contributed by atoms with Gasteiger partial charge in [-0.15, -0.1) is 0 Å². The number of H-pyrrole nitrogens is 1. The van der Waals surface area contributed by atoms with Crippen LogP contribution in [0.1, 0.15) is 89.3 Å². The Morgan fingerprint density at radius 3 is 2.50 bits per heavy atom. The van der Waals surface area contributed by atoms with Crippen molar-refractivity contribution < 1.29 is 14.3 Å². The standard InChI is InChI=1S/C27H40N2O5/c1-3-4-5-6-7-8-9-10-11-12-13-14-15-16-17-25(30)33-21-23-18-19-24(34-23)29-20-22(2)26(31)28-27(29)32/h6-7,9-10,18-20,23-24H,3-5,8,11-17,21H2,1-2H3,(H,28,31,32)/b7-6+,10-9+. The van der Waals surface area contributed by atoms with Crippen molar-refractivity contribution in [2.45, 2.75) is 96.8 Å². The van der Waals surface area contributed by atoms with Crippen LogP contribution in [0.15, 0.2) is 52.2 Å². The SMILES string of the molecule is CCCC/C=C/C/C=C/CCCCCCCC(=O)OCC1C=CC(n2cc(C)c(=O)[nH]c2=O)O1. The molecule has 2 unspecified atom stereocenters. The van der Waals surface area contributed by atoms with Crippen molar-refractivity contribution in [2.24, 2.45) is 0 Å². The number of ether oxygens (including phenoxy) is 2. The lowest BCUT2D eigenvalue weighted by molar-refractivity contribution is -0.147. The molecular formula is C27H40N2O5. The zero-order valence-corrected chi connectivity index (χ0v) is 20.7. The summed E-state index contributed by atoms with van der Waals surface area (Å²) in [5.41, 5.74) is -0.519. The zero-order valence-electron chi connectivity index (χ0n) is 20.7. The first-order valence-electron chi connectivity index (χ1n) is 12.6. The van der Waals surface area contributed by atoms with Crippen molar-refractivity contribution in [1.29, 1.82) is 0 Å². The van der Waals surface area contributed by atoms with Gasteiger partial charge in [0, 0.05) is 18.2 Å². The van der Waals surface area contributed by atoms with Crippen LogP contribution in [0.2, 0.25) is 0 Å². The van der Waals surface area contributed by atoms with Crippen LogP contribution in [-0.2, 0) is 14.3 Å². The average Bonchev–Trinajstić information content (AvgIpc) is 3.29. The highest BCUT2D eigenvalue weighted by atomic mass is 16.6. The normalized spacial score (nSPS) is 17.8. The summed E-state index contributed by atoms with van der Waals surface area (Å²) in [6.07, 6.45) is 24.5. The molecule has 0 bridgehead atoms. The summed E-state index contributed by atoms with van der Waals surface area (Å²) in [4.78, 5) is 37.7. The van der Waals surface area contributed by atoms with Crippen molar-refractivity contribution in [1.82, 2.24) is 9.55 Å². The first-order chi connectivity index (χ1) is 16.5. The molecule has 188 valence electrons. The van der Waals surface area contributed by atoms with Gasteiger partial charge in [0.05, 0.1) is 0 Å². The van der Waals surface area contributed by atoms with Gasteiger partial charge >= 0.3 is 11.7 Å². The summed E-state index contributed by atoms with van der Waals surface area (Å²) >= 11 is 0. The summed E-state index contributed by atoms with van der Waals surface area (Å²) < 4.78 is 12.4. The molecule has 1 aliphatic rings. The molecule has 0 saturated heterocycles. The summed E-state index contributed by atoms with van der Waals surface area (Å²) in [6, 6.07) is 0. The molecule has 2 heterocycles. The minimum absolute atomic E-state index is 0.114. The van der Waals surface area contributed by atoms with E-state index in [4.69, 9.17) is 9.47 Å². The Balaban J connectivity index is 1.49.